The van der Waals surface area contributed by atoms with Crippen LogP contribution in [0.3, 0.4) is 0 Å². The van der Waals surface area contributed by atoms with Crippen LogP contribution in [0.15, 0.2) is 24.3 Å². The number of carboxylic acid groups (broad SMARTS) is 1. The molecule has 0 saturated heterocycles. The van der Waals surface area contributed by atoms with Gasteiger partial charge in [-0.15, -0.1) is 0 Å². The summed E-state index contributed by atoms with van der Waals surface area (Å²) in [4.78, 5) is 47.4. The molecule has 0 aliphatic heterocycles. The van der Waals surface area contributed by atoms with Crippen molar-refractivity contribution in [2.24, 2.45) is 0 Å². The van der Waals surface area contributed by atoms with Crippen molar-refractivity contribution in [3.05, 3.63) is 24.3 Å². The SMILES string of the molecule is CCCCCCC/C=C\C/C=C\CCCCCCCCCCCC(=O)OC(CCCCCCCC)CCCCCCCC(=O)NCC(=O)NC(CO)C(=O)O. The van der Waals surface area contributed by atoms with Crippen LogP contribution in [0.25, 0.3) is 0 Å². The van der Waals surface area contributed by atoms with Gasteiger partial charge in [0.05, 0.1) is 13.2 Å². The van der Waals surface area contributed by atoms with E-state index in [1.54, 1.807) is 0 Å². The first-order valence-corrected chi connectivity index (χ1v) is 22.7. The highest BCUT2D eigenvalue weighted by atomic mass is 16.5. The number of ether oxygens (including phenoxy) is 1. The van der Waals surface area contributed by atoms with Crippen molar-refractivity contribution in [2.45, 2.75) is 231 Å². The fraction of sp³-hybridized carbons (Fsp3) is 0.826. The molecule has 0 spiro atoms. The Morgan fingerprint density at radius 2 is 0.982 bits per heavy atom. The molecule has 0 aromatic heterocycles. The maximum atomic E-state index is 12.7. The summed E-state index contributed by atoms with van der Waals surface area (Å²) in [5.74, 6) is -2.29. The zero-order valence-electron chi connectivity index (χ0n) is 35.4. The number of amides is 2. The summed E-state index contributed by atoms with van der Waals surface area (Å²) in [6, 6.07) is -1.38. The third-order valence-corrected chi connectivity index (χ3v) is 10.2. The Labute approximate surface area is 336 Å². The van der Waals surface area contributed by atoms with Crippen LogP contribution in [0, 0.1) is 0 Å². The summed E-state index contributed by atoms with van der Waals surface area (Å²) in [6.07, 6.45) is 45.1. The normalized spacial score (nSPS) is 12.6. The first kappa shape index (κ1) is 52.3. The second-order valence-electron chi connectivity index (χ2n) is 15.5. The molecule has 0 fully saturated rings. The number of rotatable bonds is 41. The van der Waals surface area contributed by atoms with Crippen molar-refractivity contribution in [1.29, 1.82) is 0 Å². The number of carboxylic acids is 1. The Morgan fingerprint density at radius 3 is 1.45 bits per heavy atom. The van der Waals surface area contributed by atoms with Gasteiger partial charge in [-0.1, -0.05) is 160 Å². The van der Waals surface area contributed by atoms with E-state index in [1.165, 1.54) is 122 Å². The minimum absolute atomic E-state index is 0.00982. The van der Waals surface area contributed by atoms with Crippen LogP contribution < -0.4 is 10.6 Å². The number of aliphatic hydroxyl groups is 1. The summed E-state index contributed by atoms with van der Waals surface area (Å²) in [5.41, 5.74) is 0. The number of allylic oxidation sites excluding steroid dienone is 4. The molecule has 0 aromatic carbocycles. The molecule has 2 unspecified atom stereocenters. The van der Waals surface area contributed by atoms with Gasteiger partial charge in [-0.2, -0.15) is 0 Å². The molecule has 0 heterocycles. The number of unbranched alkanes of at least 4 members (excludes halogenated alkanes) is 23. The van der Waals surface area contributed by atoms with E-state index in [1.807, 2.05) is 0 Å². The number of hydrogen-bond donors (Lipinski definition) is 4. The van der Waals surface area contributed by atoms with Crippen molar-refractivity contribution in [3.8, 4) is 0 Å². The van der Waals surface area contributed by atoms with Gasteiger partial charge in [0.1, 0.15) is 12.1 Å². The van der Waals surface area contributed by atoms with Crippen LogP contribution in [0.1, 0.15) is 219 Å². The monoisotopic (exact) mass is 777 g/mol. The molecule has 55 heavy (non-hydrogen) atoms. The molecule has 0 aromatic rings. The minimum Gasteiger partial charge on any atom is -0.480 e. The summed E-state index contributed by atoms with van der Waals surface area (Å²) in [5, 5.41) is 22.5. The van der Waals surface area contributed by atoms with Gasteiger partial charge in [0, 0.05) is 12.8 Å². The van der Waals surface area contributed by atoms with Gasteiger partial charge in [-0.05, 0) is 70.6 Å². The molecule has 9 heteroatoms. The Morgan fingerprint density at radius 1 is 0.545 bits per heavy atom. The van der Waals surface area contributed by atoms with Crippen LogP contribution in [-0.4, -0.2) is 59.3 Å². The Balaban J connectivity index is 4.03. The van der Waals surface area contributed by atoms with E-state index in [-0.39, 0.29) is 24.5 Å². The smallest absolute Gasteiger partial charge is 0.328 e. The Bertz CT molecular complexity index is 983. The number of hydrogen-bond acceptors (Lipinski definition) is 6. The fourth-order valence-corrected chi connectivity index (χ4v) is 6.69. The average Bonchev–Trinajstić information content (AvgIpc) is 3.17. The number of nitrogens with one attached hydrogen (secondary N) is 2. The van der Waals surface area contributed by atoms with Gasteiger partial charge in [0.15, 0.2) is 0 Å². The van der Waals surface area contributed by atoms with Gasteiger partial charge >= 0.3 is 11.9 Å². The van der Waals surface area contributed by atoms with Crippen molar-refractivity contribution in [3.63, 3.8) is 0 Å². The first-order valence-electron chi connectivity index (χ1n) is 22.7. The second-order valence-corrected chi connectivity index (χ2v) is 15.5. The van der Waals surface area contributed by atoms with Crippen molar-refractivity contribution in [2.75, 3.05) is 13.2 Å². The van der Waals surface area contributed by atoms with Crippen LogP contribution in [0.5, 0.6) is 0 Å². The molecule has 0 bridgehead atoms. The highest BCUT2D eigenvalue weighted by molar-refractivity contribution is 5.87. The molecule has 0 radical (unpaired) electrons. The summed E-state index contributed by atoms with van der Waals surface area (Å²) in [6.45, 7) is 3.46. The molecule has 0 aliphatic rings. The van der Waals surface area contributed by atoms with Gasteiger partial charge < -0.3 is 25.6 Å². The van der Waals surface area contributed by atoms with Crippen molar-refractivity contribution >= 4 is 23.8 Å². The van der Waals surface area contributed by atoms with E-state index >= 15 is 0 Å². The third-order valence-electron chi connectivity index (χ3n) is 10.2. The zero-order chi connectivity index (χ0) is 40.5. The molecule has 2 atom stereocenters. The lowest BCUT2D eigenvalue weighted by Crippen LogP contribution is -2.47. The number of carbonyl (C=O) groups excluding carboxylic acids is 3. The van der Waals surface area contributed by atoms with Crippen molar-refractivity contribution in [1.82, 2.24) is 10.6 Å². The van der Waals surface area contributed by atoms with E-state index in [0.29, 0.717) is 19.3 Å². The van der Waals surface area contributed by atoms with Gasteiger partial charge in [0.25, 0.3) is 0 Å². The average molecular weight is 777 g/mol. The van der Waals surface area contributed by atoms with Gasteiger partial charge in [-0.3, -0.25) is 14.4 Å². The maximum Gasteiger partial charge on any atom is 0.328 e. The van der Waals surface area contributed by atoms with E-state index in [0.717, 1.165) is 64.2 Å². The number of carbonyl (C=O) groups is 4. The van der Waals surface area contributed by atoms with E-state index in [4.69, 9.17) is 14.9 Å². The fourth-order valence-electron chi connectivity index (χ4n) is 6.69. The lowest BCUT2D eigenvalue weighted by molar-refractivity contribution is -0.150. The zero-order valence-corrected chi connectivity index (χ0v) is 35.4. The molecule has 0 rings (SSSR count). The van der Waals surface area contributed by atoms with Crippen molar-refractivity contribution < 1.29 is 34.1 Å². The lowest BCUT2D eigenvalue weighted by Gasteiger charge is -2.18. The lowest BCUT2D eigenvalue weighted by atomic mass is 10.0. The minimum atomic E-state index is -1.38. The largest absolute Gasteiger partial charge is 0.480 e. The highest BCUT2D eigenvalue weighted by Crippen LogP contribution is 2.19. The predicted molar refractivity (Wildman–Crippen MR) is 227 cm³/mol. The molecule has 4 N–H and O–H groups in total. The third kappa shape index (κ3) is 38.0. The van der Waals surface area contributed by atoms with E-state index in [2.05, 4.69) is 48.8 Å². The topological polar surface area (TPSA) is 142 Å². The van der Waals surface area contributed by atoms with E-state index in [9.17, 15) is 19.2 Å². The standard InChI is InChI=1S/C46H84N2O7/c1-3-5-7-9-11-12-13-14-15-16-17-18-19-20-21-22-23-24-25-30-34-38-45(52)55-41(35-31-27-10-8-6-4-2)36-32-28-26-29-33-37-43(50)47-39-44(51)48-42(40-49)46(53)54/h13-14,16-17,41-42,49H,3-12,15,18-40H2,1-2H3,(H,47,50)(H,48,51)(H,53,54)/b14-13-,17-16-. The number of esters is 1. The second kappa shape index (κ2) is 41.0. The first-order chi connectivity index (χ1) is 26.8. The van der Waals surface area contributed by atoms with Gasteiger partial charge in [-0.25, -0.2) is 4.79 Å². The summed E-state index contributed by atoms with van der Waals surface area (Å²) >= 11 is 0. The maximum absolute atomic E-state index is 12.7. The quantitative estimate of drug-likeness (QED) is 0.0275. The highest BCUT2D eigenvalue weighted by Gasteiger charge is 2.19. The summed E-state index contributed by atoms with van der Waals surface area (Å²) < 4.78 is 5.99. The predicted octanol–water partition coefficient (Wildman–Crippen LogP) is 11.2. The number of aliphatic hydroxyl groups excluding tert-OH is 1. The van der Waals surface area contributed by atoms with Crippen LogP contribution in [-0.2, 0) is 23.9 Å². The molecule has 2 amide bonds. The molecule has 0 saturated carbocycles. The molecular weight excluding hydrogens is 693 g/mol. The van der Waals surface area contributed by atoms with Crippen LogP contribution in [0.2, 0.25) is 0 Å². The van der Waals surface area contributed by atoms with Gasteiger partial charge in [0.2, 0.25) is 11.8 Å². The van der Waals surface area contributed by atoms with Crippen LogP contribution in [0.4, 0.5) is 0 Å². The molecule has 320 valence electrons. The summed E-state index contributed by atoms with van der Waals surface area (Å²) in [7, 11) is 0. The number of aliphatic carboxylic acids is 1. The van der Waals surface area contributed by atoms with E-state index < -0.39 is 24.5 Å². The molecular formula is C46H84N2O7. The Kier molecular flexibility index (Phi) is 39.0. The molecule has 9 nitrogen and oxygen atoms in total. The molecule has 0 aliphatic carbocycles. The van der Waals surface area contributed by atoms with Crippen LogP contribution >= 0.6 is 0 Å². The Hall–Kier alpha value is -2.68.